The van der Waals surface area contributed by atoms with Gasteiger partial charge in [-0.1, -0.05) is 12.1 Å². The van der Waals surface area contributed by atoms with Crippen LogP contribution in [0.15, 0.2) is 36.4 Å². The smallest absolute Gasteiger partial charge is 0.313 e. The van der Waals surface area contributed by atoms with E-state index < -0.39 is 11.9 Å². The van der Waals surface area contributed by atoms with Gasteiger partial charge in [0.2, 0.25) is 0 Å². The van der Waals surface area contributed by atoms with E-state index in [0.717, 1.165) is 0 Å². The molecular weight excluding hydrogens is 277 g/mol. The molecule has 21 heavy (non-hydrogen) atoms. The van der Waals surface area contributed by atoms with Gasteiger partial charge in [-0.05, 0) is 46.7 Å². The highest BCUT2D eigenvalue weighted by Crippen LogP contribution is 2.20. The molecule has 0 fully saturated rings. The molecule has 7 nitrogen and oxygen atoms in total. The fourth-order valence-electron chi connectivity index (χ4n) is 2.02. The molecule has 0 aliphatic heterocycles. The number of aromatic nitrogens is 5. The van der Waals surface area contributed by atoms with Crippen LogP contribution in [0.1, 0.15) is 17.2 Å². The summed E-state index contributed by atoms with van der Waals surface area (Å²) in [6.45, 7) is 0. The Kier molecular flexibility index (Phi) is 3.27. The molecule has 0 aliphatic rings. The van der Waals surface area contributed by atoms with Crippen LogP contribution in [0.3, 0.4) is 0 Å². The summed E-state index contributed by atoms with van der Waals surface area (Å²) in [5, 5.41) is 24.3. The third kappa shape index (κ3) is 2.69. The fraction of sp³-hybridized carbons (Fsp3) is 0.154. The Morgan fingerprint density at radius 2 is 2.00 bits per heavy atom. The van der Waals surface area contributed by atoms with Crippen LogP contribution in [0.4, 0.5) is 4.39 Å². The molecule has 2 heterocycles. The first-order chi connectivity index (χ1) is 10.1. The van der Waals surface area contributed by atoms with E-state index in [4.69, 9.17) is 0 Å². The number of tetrazole rings is 1. The second kappa shape index (κ2) is 5.23. The number of benzene rings is 1. The lowest BCUT2D eigenvalue weighted by Crippen LogP contribution is -2.17. The molecule has 0 spiro atoms. The summed E-state index contributed by atoms with van der Waals surface area (Å²) in [7, 11) is 0. The average Bonchev–Trinajstić information content (AvgIpc) is 2.93. The van der Waals surface area contributed by atoms with Gasteiger partial charge in [0.25, 0.3) is 0 Å². The van der Waals surface area contributed by atoms with E-state index in [1.54, 1.807) is 24.3 Å². The van der Waals surface area contributed by atoms with E-state index in [0.29, 0.717) is 16.9 Å². The predicted octanol–water partition coefficient (Wildman–Crippen LogP) is 1.07. The number of hydrogen-bond donors (Lipinski definition) is 1. The molecule has 0 saturated carbocycles. The Hall–Kier alpha value is -2.90. The van der Waals surface area contributed by atoms with Crippen molar-refractivity contribution in [1.82, 2.24) is 25.3 Å². The van der Waals surface area contributed by atoms with E-state index in [1.807, 2.05) is 0 Å². The third-order valence-electron chi connectivity index (χ3n) is 3.10. The summed E-state index contributed by atoms with van der Waals surface area (Å²) in [6, 6.07) is 8.89. The summed E-state index contributed by atoms with van der Waals surface area (Å²) in [5.74, 6) is -2.23. The van der Waals surface area contributed by atoms with Crippen molar-refractivity contribution < 1.29 is 14.3 Å². The van der Waals surface area contributed by atoms with Gasteiger partial charge in [-0.2, -0.15) is 5.10 Å². The molecule has 0 aliphatic carbocycles. The number of rotatable bonds is 4. The van der Waals surface area contributed by atoms with Crippen LogP contribution in [-0.2, 0) is 11.2 Å². The lowest BCUT2D eigenvalue weighted by atomic mass is 9.96. The van der Waals surface area contributed by atoms with Crippen LogP contribution >= 0.6 is 0 Å². The van der Waals surface area contributed by atoms with Crippen molar-refractivity contribution in [3.05, 3.63) is 53.5 Å². The van der Waals surface area contributed by atoms with Gasteiger partial charge in [-0.15, -0.1) is 9.73 Å². The van der Waals surface area contributed by atoms with Crippen LogP contribution in [-0.4, -0.2) is 36.3 Å². The Balaban J connectivity index is 1.93. The number of carboxylic acids is 1. The summed E-state index contributed by atoms with van der Waals surface area (Å²) in [5.41, 5.74) is 1.48. The zero-order valence-corrected chi connectivity index (χ0v) is 10.7. The maximum Gasteiger partial charge on any atom is 0.313 e. The molecule has 3 rings (SSSR count). The van der Waals surface area contributed by atoms with E-state index >= 15 is 0 Å². The van der Waals surface area contributed by atoms with Gasteiger partial charge in [0.1, 0.15) is 11.7 Å². The quantitative estimate of drug-likeness (QED) is 0.771. The number of nitrogens with zero attached hydrogens (tertiary/aromatic N) is 5. The maximum atomic E-state index is 12.9. The standard InChI is InChI=1S/C13H10FN5O2/c14-9-3-1-8(2-4-9)7-10(13(20)21)11-5-6-12-15-17-18-19(12)16-11/h1-6,10H,7H2,(H,20,21). The zero-order valence-electron chi connectivity index (χ0n) is 10.7. The molecule has 3 aromatic rings. The Morgan fingerprint density at radius 1 is 1.24 bits per heavy atom. The van der Waals surface area contributed by atoms with Crippen LogP contribution in [0, 0.1) is 5.82 Å². The van der Waals surface area contributed by atoms with Crippen molar-refractivity contribution in [2.24, 2.45) is 0 Å². The number of hydrogen-bond acceptors (Lipinski definition) is 5. The fourth-order valence-corrected chi connectivity index (χ4v) is 2.02. The average molecular weight is 287 g/mol. The summed E-state index contributed by atoms with van der Waals surface area (Å²) in [4.78, 5) is 11.5. The van der Waals surface area contributed by atoms with Gasteiger partial charge in [-0.3, -0.25) is 4.79 Å². The van der Waals surface area contributed by atoms with Gasteiger partial charge in [-0.25, -0.2) is 4.39 Å². The van der Waals surface area contributed by atoms with Crippen LogP contribution in [0.25, 0.3) is 5.65 Å². The first-order valence-corrected chi connectivity index (χ1v) is 6.16. The first-order valence-electron chi connectivity index (χ1n) is 6.16. The van der Waals surface area contributed by atoms with Crippen molar-refractivity contribution in [1.29, 1.82) is 0 Å². The number of halogens is 1. The van der Waals surface area contributed by atoms with Crippen LogP contribution in [0.5, 0.6) is 0 Å². The largest absolute Gasteiger partial charge is 0.481 e. The number of aliphatic carboxylic acids is 1. The molecule has 0 saturated heterocycles. The molecular formula is C13H10FN5O2. The van der Waals surface area contributed by atoms with Gasteiger partial charge >= 0.3 is 5.97 Å². The Labute approximate surface area is 118 Å². The van der Waals surface area contributed by atoms with Crippen molar-refractivity contribution in [3.8, 4) is 0 Å². The first kappa shape index (κ1) is 13.1. The topological polar surface area (TPSA) is 93.3 Å². The lowest BCUT2D eigenvalue weighted by Gasteiger charge is -2.11. The molecule has 2 aromatic heterocycles. The molecule has 1 N–H and O–H groups in total. The van der Waals surface area contributed by atoms with E-state index in [2.05, 4.69) is 20.6 Å². The van der Waals surface area contributed by atoms with E-state index in [-0.39, 0.29) is 12.2 Å². The lowest BCUT2D eigenvalue weighted by molar-refractivity contribution is -0.138. The van der Waals surface area contributed by atoms with Crippen LogP contribution < -0.4 is 0 Å². The molecule has 1 unspecified atom stereocenters. The van der Waals surface area contributed by atoms with Crippen molar-refractivity contribution in [2.75, 3.05) is 0 Å². The van der Waals surface area contributed by atoms with Gasteiger partial charge in [0.05, 0.1) is 5.69 Å². The second-order valence-corrected chi connectivity index (χ2v) is 4.51. The molecule has 0 bridgehead atoms. The second-order valence-electron chi connectivity index (χ2n) is 4.51. The van der Waals surface area contributed by atoms with Gasteiger partial charge in [0.15, 0.2) is 5.65 Å². The molecule has 0 radical (unpaired) electrons. The van der Waals surface area contributed by atoms with Crippen molar-refractivity contribution in [3.63, 3.8) is 0 Å². The summed E-state index contributed by atoms with van der Waals surface area (Å²) >= 11 is 0. The SMILES string of the molecule is O=C(O)C(Cc1ccc(F)cc1)c1ccc2nnnn2n1. The normalized spacial score (nSPS) is 12.4. The number of carbonyl (C=O) groups is 1. The molecule has 106 valence electrons. The highest BCUT2D eigenvalue weighted by atomic mass is 19.1. The van der Waals surface area contributed by atoms with Crippen molar-refractivity contribution in [2.45, 2.75) is 12.3 Å². The zero-order chi connectivity index (χ0) is 14.8. The minimum atomic E-state index is -1.01. The van der Waals surface area contributed by atoms with Crippen LogP contribution in [0.2, 0.25) is 0 Å². The number of fused-ring (bicyclic) bond motifs is 1. The molecule has 0 amide bonds. The van der Waals surface area contributed by atoms with E-state index in [1.165, 1.54) is 16.8 Å². The number of carboxylic acid groups (broad SMARTS) is 1. The van der Waals surface area contributed by atoms with Crippen molar-refractivity contribution >= 4 is 11.6 Å². The predicted molar refractivity (Wildman–Crippen MR) is 69.1 cm³/mol. The maximum absolute atomic E-state index is 12.9. The monoisotopic (exact) mass is 287 g/mol. The minimum Gasteiger partial charge on any atom is -0.481 e. The summed E-state index contributed by atoms with van der Waals surface area (Å²) in [6.07, 6.45) is 0.205. The minimum absolute atomic E-state index is 0.205. The van der Waals surface area contributed by atoms with Gasteiger partial charge in [0, 0.05) is 0 Å². The third-order valence-corrected chi connectivity index (χ3v) is 3.10. The Morgan fingerprint density at radius 3 is 2.71 bits per heavy atom. The summed E-state index contributed by atoms with van der Waals surface area (Å²) < 4.78 is 14.1. The molecule has 1 aromatic carbocycles. The highest BCUT2D eigenvalue weighted by Gasteiger charge is 2.22. The Bertz CT molecular complexity index is 787. The van der Waals surface area contributed by atoms with Gasteiger partial charge < -0.3 is 5.11 Å². The molecule has 1 atom stereocenters. The highest BCUT2D eigenvalue weighted by molar-refractivity contribution is 5.75. The molecule has 8 heteroatoms. The van der Waals surface area contributed by atoms with E-state index in [9.17, 15) is 14.3 Å².